The Labute approximate surface area is 228 Å². The van der Waals surface area contributed by atoms with E-state index in [2.05, 4.69) is 4.98 Å². The number of halogens is 4. The number of hydrogen-bond donors (Lipinski definition) is 0. The predicted molar refractivity (Wildman–Crippen MR) is 133 cm³/mol. The van der Waals surface area contributed by atoms with Crippen molar-refractivity contribution in [2.24, 2.45) is 0 Å². The fourth-order valence-electron chi connectivity index (χ4n) is 3.79. The lowest BCUT2D eigenvalue weighted by Gasteiger charge is -2.16. The summed E-state index contributed by atoms with van der Waals surface area (Å²) < 4.78 is 57.7. The average molecular weight is 572 g/mol. The maximum absolute atomic E-state index is 13.2. The highest BCUT2D eigenvalue weighted by Gasteiger charge is 2.42. The summed E-state index contributed by atoms with van der Waals surface area (Å²) >= 11 is 0.601. The van der Waals surface area contributed by atoms with Crippen molar-refractivity contribution >= 4 is 41.0 Å². The normalized spacial score (nSPS) is 15.2. The summed E-state index contributed by atoms with van der Waals surface area (Å²) in [4.78, 5) is 54.5. The van der Waals surface area contributed by atoms with Crippen molar-refractivity contribution in [3.8, 4) is 6.07 Å². The smallest absolute Gasteiger partial charge is 0.433 e. The van der Waals surface area contributed by atoms with Gasteiger partial charge < -0.3 is 4.74 Å². The molecule has 2 aromatic carbocycles. The SMILES string of the molecule is Cc1cc(C(F)(F)F)nc(SC2CC(=O)N(c3ccc(C(=O)OCC(=O)c4ccc(F)cc4)cc3)C2=O)c1C#N. The van der Waals surface area contributed by atoms with Crippen LogP contribution in [0, 0.1) is 24.1 Å². The van der Waals surface area contributed by atoms with Crippen LogP contribution in [0.4, 0.5) is 23.2 Å². The topological polar surface area (TPSA) is 117 Å². The lowest BCUT2D eigenvalue weighted by molar-refractivity contribution is -0.141. The largest absolute Gasteiger partial charge is 0.454 e. The third kappa shape index (κ3) is 6.02. The van der Waals surface area contributed by atoms with Gasteiger partial charge in [-0.15, -0.1) is 0 Å². The summed E-state index contributed by atoms with van der Waals surface area (Å²) in [7, 11) is 0. The number of Topliss-reactive ketones (excluding diaryl/α,β-unsaturated/α-hetero) is 1. The molecule has 0 bridgehead atoms. The van der Waals surface area contributed by atoms with E-state index < -0.39 is 53.1 Å². The molecule has 0 radical (unpaired) electrons. The van der Waals surface area contributed by atoms with Gasteiger partial charge in [0, 0.05) is 12.0 Å². The molecule has 0 saturated carbocycles. The third-order valence-electron chi connectivity index (χ3n) is 5.81. The second-order valence-electron chi connectivity index (χ2n) is 8.55. The molecule has 1 unspecified atom stereocenters. The molecule has 2 heterocycles. The van der Waals surface area contributed by atoms with Crippen LogP contribution in [0.1, 0.15) is 44.0 Å². The van der Waals surface area contributed by atoms with Crippen molar-refractivity contribution < 1.29 is 41.5 Å². The molecule has 204 valence electrons. The van der Waals surface area contributed by atoms with Crippen LogP contribution < -0.4 is 4.90 Å². The predicted octanol–water partition coefficient (Wildman–Crippen LogP) is 4.88. The number of esters is 1. The molecule has 4 rings (SSSR count). The first-order valence-corrected chi connectivity index (χ1v) is 12.4. The second-order valence-corrected chi connectivity index (χ2v) is 9.74. The van der Waals surface area contributed by atoms with E-state index in [9.17, 15) is 42.0 Å². The number of pyridine rings is 1. The molecular formula is C27H17F4N3O5S. The van der Waals surface area contributed by atoms with Gasteiger partial charge in [0.2, 0.25) is 11.8 Å². The van der Waals surface area contributed by atoms with Gasteiger partial charge in [0.15, 0.2) is 12.4 Å². The van der Waals surface area contributed by atoms with Crippen LogP contribution in [0.25, 0.3) is 0 Å². The highest BCUT2D eigenvalue weighted by Crippen LogP contribution is 2.38. The number of hydrogen-bond acceptors (Lipinski definition) is 8. The fraction of sp³-hybridized carbons (Fsp3) is 0.185. The Morgan fingerprint density at radius 1 is 1.10 bits per heavy atom. The minimum Gasteiger partial charge on any atom is -0.454 e. The average Bonchev–Trinajstić information content (AvgIpc) is 3.19. The van der Waals surface area contributed by atoms with Gasteiger partial charge in [-0.2, -0.15) is 18.4 Å². The molecule has 0 N–H and O–H groups in total. The van der Waals surface area contributed by atoms with Crippen molar-refractivity contribution in [2.45, 2.75) is 29.8 Å². The fourth-order valence-corrected chi connectivity index (χ4v) is 4.97. The molecule has 1 saturated heterocycles. The van der Waals surface area contributed by atoms with E-state index >= 15 is 0 Å². The first-order valence-electron chi connectivity index (χ1n) is 11.5. The van der Waals surface area contributed by atoms with Gasteiger partial charge in [-0.3, -0.25) is 14.4 Å². The number of aryl methyl sites for hydroxylation is 1. The molecule has 2 amide bonds. The van der Waals surface area contributed by atoms with E-state index in [4.69, 9.17) is 4.74 Å². The standard InChI is InChI=1S/C27H17F4N3O5S/c1-14-10-22(27(29,30)31)33-24(19(14)12-32)40-21-11-23(36)34(25(21)37)18-8-4-16(5-9-18)26(38)39-13-20(35)15-2-6-17(28)7-3-15/h2-10,21H,11,13H2,1H3. The molecule has 1 aliphatic rings. The number of carbonyl (C=O) groups excluding carboxylic acids is 4. The number of imide groups is 1. The number of aromatic nitrogens is 1. The highest BCUT2D eigenvalue weighted by atomic mass is 32.2. The van der Waals surface area contributed by atoms with Gasteiger partial charge in [-0.1, -0.05) is 11.8 Å². The lowest BCUT2D eigenvalue weighted by Crippen LogP contribution is -2.31. The van der Waals surface area contributed by atoms with E-state index in [-0.39, 0.29) is 39.4 Å². The number of alkyl halides is 3. The van der Waals surface area contributed by atoms with E-state index in [0.717, 1.165) is 23.1 Å². The third-order valence-corrected chi connectivity index (χ3v) is 6.98. The van der Waals surface area contributed by atoms with Crippen LogP contribution in [0.3, 0.4) is 0 Å². The zero-order valence-corrected chi connectivity index (χ0v) is 21.3. The van der Waals surface area contributed by atoms with Gasteiger partial charge in [-0.05, 0) is 67.1 Å². The van der Waals surface area contributed by atoms with Crippen molar-refractivity contribution in [3.63, 3.8) is 0 Å². The Kier molecular flexibility index (Phi) is 8.01. The number of nitriles is 1. The van der Waals surface area contributed by atoms with Gasteiger partial charge in [-0.25, -0.2) is 19.1 Å². The number of nitrogens with zero attached hydrogens (tertiary/aromatic N) is 3. The van der Waals surface area contributed by atoms with Gasteiger partial charge in [0.1, 0.15) is 22.6 Å². The first-order chi connectivity index (χ1) is 18.9. The molecule has 0 aliphatic carbocycles. The van der Waals surface area contributed by atoms with Crippen LogP contribution >= 0.6 is 11.8 Å². The zero-order valence-electron chi connectivity index (χ0n) is 20.5. The molecule has 1 aromatic heterocycles. The summed E-state index contributed by atoms with van der Waals surface area (Å²) in [6, 6.07) is 12.4. The number of thioether (sulfide) groups is 1. The quantitative estimate of drug-likeness (QED) is 0.170. The Hall–Kier alpha value is -4.57. The Bertz CT molecular complexity index is 1550. The molecule has 40 heavy (non-hydrogen) atoms. The summed E-state index contributed by atoms with van der Waals surface area (Å²) in [6.07, 6.45) is -5.12. The van der Waals surface area contributed by atoms with E-state index in [1.807, 2.05) is 0 Å². The number of ketones is 1. The maximum atomic E-state index is 13.2. The molecule has 13 heteroatoms. The number of carbonyl (C=O) groups is 4. The minimum absolute atomic E-state index is 0.0166. The molecule has 3 aromatic rings. The van der Waals surface area contributed by atoms with Crippen LogP contribution in [-0.4, -0.2) is 40.4 Å². The summed E-state index contributed by atoms with van der Waals surface area (Å²) in [5, 5.41) is 7.97. The molecule has 8 nitrogen and oxygen atoms in total. The maximum Gasteiger partial charge on any atom is 0.433 e. The summed E-state index contributed by atoms with van der Waals surface area (Å²) in [6.45, 7) is 0.723. The molecule has 1 atom stereocenters. The molecule has 1 fully saturated rings. The number of amides is 2. The zero-order chi connectivity index (χ0) is 29.2. The monoisotopic (exact) mass is 571 g/mol. The van der Waals surface area contributed by atoms with Crippen LogP contribution in [-0.2, 0) is 20.5 Å². The van der Waals surface area contributed by atoms with Gasteiger partial charge in [0.05, 0.1) is 22.1 Å². The van der Waals surface area contributed by atoms with Crippen LogP contribution in [0.5, 0.6) is 0 Å². The summed E-state index contributed by atoms with van der Waals surface area (Å²) in [5.41, 5.74) is -1.05. The number of ether oxygens (including phenoxy) is 1. The van der Waals surface area contributed by atoms with Crippen molar-refractivity contribution in [1.29, 1.82) is 5.26 Å². The van der Waals surface area contributed by atoms with Crippen molar-refractivity contribution in [2.75, 3.05) is 11.5 Å². The van der Waals surface area contributed by atoms with Crippen molar-refractivity contribution in [1.82, 2.24) is 4.98 Å². The first kappa shape index (κ1) is 28.4. The molecule has 0 spiro atoms. The summed E-state index contributed by atoms with van der Waals surface area (Å²) in [5.74, 6) is -3.29. The molecule has 1 aliphatic heterocycles. The van der Waals surface area contributed by atoms with Gasteiger partial charge >= 0.3 is 12.1 Å². The molecular weight excluding hydrogens is 554 g/mol. The Balaban J connectivity index is 1.45. The lowest BCUT2D eigenvalue weighted by atomic mass is 10.1. The second kappa shape index (κ2) is 11.3. The van der Waals surface area contributed by atoms with Crippen LogP contribution in [0.15, 0.2) is 59.6 Å². The Morgan fingerprint density at radius 2 is 1.73 bits per heavy atom. The number of rotatable bonds is 7. The van der Waals surface area contributed by atoms with E-state index in [0.29, 0.717) is 11.8 Å². The van der Waals surface area contributed by atoms with Gasteiger partial charge in [0.25, 0.3) is 0 Å². The van der Waals surface area contributed by atoms with Crippen molar-refractivity contribution in [3.05, 3.63) is 88.4 Å². The van der Waals surface area contributed by atoms with Crippen LogP contribution in [0.2, 0.25) is 0 Å². The number of benzene rings is 2. The number of anilines is 1. The van der Waals surface area contributed by atoms with E-state index in [1.54, 1.807) is 6.07 Å². The van der Waals surface area contributed by atoms with E-state index in [1.165, 1.54) is 43.3 Å². The Morgan fingerprint density at radius 3 is 2.33 bits per heavy atom. The highest BCUT2D eigenvalue weighted by molar-refractivity contribution is 8.00. The minimum atomic E-state index is -4.77.